The highest BCUT2D eigenvalue weighted by Gasteiger charge is 2.39. The van der Waals surface area contributed by atoms with Gasteiger partial charge in [0.05, 0.1) is 12.6 Å². The molecule has 0 aromatic heterocycles. The molecular weight excluding hydrogens is 468 g/mol. The lowest BCUT2D eigenvalue weighted by molar-refractivity contribution is -0.129. The van der Waals surface area contributed by atoms with E-state index < -0.39 is 17.2 Å². The maximum Gasteiger partial charge on any atom is 0.268 e. The third-order valence-corrected chi connectivity index (χ3v) is 6.21. The van der Waals surface area contributed by atoms with Gasteiger partial charge in [0.25, 0.3) is 5.91 Å². The average Bonchev–Trinajstić information content (AvgIpc) is 2.87. The minimum absolute atomic E-state index is 0.287. The lowest BCUT2D eigenvalue weighted by atomic mass is 9.95. The van der Waals surface area contributed by atoms with Crippen molar-refractivity contribution in [3.63, 3.8) is 0 Å². The SMILES string of the molecule is COc1ccc(CC(C)(C)N=CC(O)c2ccc(OCc3ccccc3)c3c2OC(C)(C)C(=O)N3)cc1. The fourth-order valence-corrected chi connectivity index (χ4v) is 4.10. The first-order valence-electron chi connectivity index (χ1n) is 12.3. The molecule has 1 heterocycles. The minimum Gasteiger partial charge on any atom is -0.497 e. The molecule has 1 aliphatic heterocycles. The van der Waals surface area contributed by atoms with Crippen molar-refractivity contribution in [2.24, 2.45) is 4.99 Å². The zero-order valence-corrected chi connectivity index (χ0v) is 21.9. The maximum atomic E-state index is 12.7. The van der Waals surface area contributed by atoms with Crippen LogP contribution in [0.15, 0.2) is 71.7 Å². The summed E-state index contributed by atoms with van der Waals surface area (Å²) in [6, 6.07) is 21.1. The van der Waals surface area contributed by atoms with Gasteiger partial charge in [-0.15, -0.1) is 0 Å². The van der Waals surface area contributed by atoms with Crippen molar-refractivity contribution in [2.75, 3.05) is 12.4 Å². The Kier molecular flexibility index (Phi) is 7.55. The number of fused-ring (bicyclic) bond motifs is 1. The molecule has 1 amide bonds. The van der Waals surface area contributed by atoms with Crippen molar-refractivity contribution in [2.45, 2.75) is 58.0 Å². The molecule has 0 bridgehead atoms. The summed E-state index contributed by atoms with van der Waals surface area (Å²) in [6.07, 6.45) is 1.17. The van der Waals surface area contributed by atoms with E-state index in [0.717, 1.165) is 16.9 Å². The number of ether oxygens (including phenoxy) is 3. The molecule has 0 saturated heterocycles. The fraction of sp³-hybridized carbons (Fsp3) is 0.333. The summed E-state index contributed by atoms with van der Waals surface area (Å²) >= 11 is 0. The standard InChI is InChI=1S/C30H34N2O5/c1-29(2,17-20-11-13-22(35-5)14-12-20)31-18-24(33)23-15-16-25(36-19-21-9-7-6-8-10-21)26-27(23)37-30(3,4)28(34)32-26/h6-16,18,24,33H,17,19H2,1-5H3,(H,32,34). The lowest BCUT2D eigenvalue weighted by Crippen LogP contribution is -2.46. The van der Waals surface area contributed by atoms with E-state index in [4.69, 9.17) is 14.2 Å². The number of amides is 1. The van der Waals surface area contributed by atoms with Crippen LogP contribution < -0.4 is 19.5 Å². The average molecular weight is 503 g/mol. The predicted octanol–water partition coefficient (Wildman–Crippen LogP) is 5.51. The number of hydrogen-bond donors (Lipinski definition) is 2. The van der Waals surface area contributed by atoms with Crippen LogP contribution in [0.3, 0.4) is 0 Å². The zero-order chi connectivity index (χ0) is 26.6. The number of nitrogens with one attached hydrogen (secondary N) is 1. The van der Waals surface area contributed by atoms with E-state index >= 15 is 0 Å². The molecule has 7 heteroatoms. The van der Waals surface area contributed by atoms with Crippen molar-refractivity contribution in [1.82, 2.24) is 0 Å². The Morgan fingerprint density at radius 1 is 1.05 bits per heavy atom. The van der Waals surface area contributed by atoms with Crippen LogP contribution in [0, 0.1) is 0 Å². The molecule has 1 atom stereocenters. The normalized spacial score (nSPS) is 15.5. The Balaban J connectivity index is 1.57. The molecule has 3 aromatic carbocycles. The molecule has 3 aromatic rings. The van der Waals surface area contributed by atoms with Gasteiger partial charge in [0, 0.05) is 11.8 Å². The highest BCUT2D eigenvalue weighted by molar-refractivity contribution is 6.02. The number of carbonyl (C=O) groups is 1. The van der Waals surface area contributed by atoms with Crippen LogP contribution in [0.1, 0.15) is 50.5 Å². The second-order valence-electron chi connectivity index (χ2n) is 10.3. The Labute approximate surface area is 218 Å². The Bertz CT molecular complexity index is 1270. The number of aliphatic hydroxyl groups excluding tert-OH is 1. The molecule has 4 rings (SSSR count). The van der Waals surface area contributed by atoms with Gasteiger partial charge in [0.2, 0.25) is 0 Å². The van der Waals surface area contributed by atoms with Crippen LogP contribution in [-0.4, -0.2) is 35.5 Å². The number of benzene rings is 3. The van der Waals surface area contributed by atoms with E-state index in [1.54, 1.807) is 33.1 Å². The summed E-state index contributed by atoms with van der Waals surface area (Å²) in [5.41, 5.74) is 1.45. The van der Waals surface area contributed by atoms with E-state index in [1.165, 1.54) is 6.21 Å². The summed E-state index contributed by atoms with van der Waals surface area (Å²) in [6.45, 7) is 7.72. The summed E-state index contributed by atoms with van der Waals surface area (Å²) in [7, 11) is 1.64. The number of anilines is 1. The van der Waals surface area contributed by atoms with Gasteiger partial charge in [0.15, 0.2) is 11.4 Å². The lowest BCUT2D eigenvalue weighted by Gasteiger charge is -2.34. The van der Waals surface area contributed by atoms with E-state index in [1.807, 2.05) is 68.4 Å². The van der Waals surface area contributed by atoms with Crippen LogP contribution in [-0.2, 0) is 17.8 Å². The highest BCUT2D eigenvalue weighted by Crippen LogP contribution is 2.45. The second-order valence-corrected chi connectivity index (χ2v) is 10.3. The topological polar surface area (TPSA) is 89.4 Å². The molecule has 1 aliphatic rings. The molecule has 0 radical (unpaired) electrons. The van der Waals surface area contributed by atoms with Crippen LogP contribution in [0.5, 0.6) is 17.2 Å². The minimum atomic E-state index is -1.11. The van der Waals surface area contributed by atoms with E-state index in [-0.39, 0.29) is 5.91 Å². The number of hydrogen-bond acceptors (Lipinski definition) is 6. The Morgan fingerprint density at radius 2 is 1.76 bits per heavy atom. The van der Waals surface area contributed by atoms with Crippen molar-refractivity contribution in [3.05, 3.63) is 83.4 Å². The smallest absolute Gasteiger partial charge is 0.268 e. The maximum absolute atomic E-state index is 12.7. The Hall–Kier alpha value is -3.84. The number of methoxy groups -OCH3 is 1. The van der Waals surface area contributed by atoms with Crippen LogP contribution >= 0.6 is 0 Å². The van der Waals surface area contributed by atoms with Gasteiger partial charge >= 0.3 is 0 Å². The van der Waals surface area contributed by atoms with Gasteiger partial charge in [-0.25, -0.2) is 0 Å². The first kappa shape index (κ1) is 26.2. The predicted molar refractivity (Wildman–Crippen MR) is 145 cm³/mol. The number of aliphatic imine (C=N–C) groups is 1. The molecule has 0 saturated carbocycles. The molecule has 37 heavy (non-hydrogen) atoms. The highest BCUT2D eigenvalue weighted by atomic mass is 16.5. The first-order chi connectivity index (χ1) is 17.6. The van der Waals surface area contributed by atoms with Crippen molar-refractivity contribution in [3.8, 4) is 17.2 Å². The third-order valence-electron chi connectivity index (χ3n) is 6.21. The molecule has 7 nitrogen and oxygen atoms in total. The largest absolute Gasteiger partial charge is 0.497 e. The van der Waals surface area contributed by atoms with Gasteiger partial charge in [-0.1, -0.05) is 42.5 Å². The summed E-state index contributed by atoms with van der Waals surface area (Å²) in [5.74, 6) is 1.36. The van der Waals surface area contributed by atoms with Crippen LogP contribution in [0.25, 0.3) is 0 Å². The number of rotatable bonds is 9. The molecule has 0 spiro atoms. The molecule has 2 N–H and O–H groups in total. The summed E-state index contributed by atoms with van der Waals surface area (Å²) in [5, 5.41) is 14.0. The van der Waals surface area contributed by atoms with Gasteiger partial charge < -0.3 is 24.6 Å². The van der Waals surface area contributed by atoms with Gasteiger partial charge in [-0.2, -0.15) is 0 Å². The quantitative estimate of drug-likeness (QED) is 0.377. The molecule has 194 valence electrons. The molecule has 0 fully saturated rings. The number of nitrogens with zero attached hydrogens (tertiary/aromatic N) is 1. The number of aliphatic hydroxyl groups is 1. The molecule has 1 unspecified atom stereocenters. The van der Waals surface area contributed by atoms with Crippen LogP contribution in [0.2, 0.25) is 0 Å². The van der Waals surface area contributed by atoms with Gasteiger partial charge in [-0.05, 0) is 69.5 Å². The van der Waals surface area contributed by atoms with E-state index in [9.17, 15) is 9.90 Å². The Morgan fingerprint density at radius 3 is 2.43 bits per heavy atom. The second kappa shape index (κ2) is 10.6. The van der Waals surface area contributed by atoms with Crippen molar-refractivity contribution in [1.29, 1.82) is 0 Å². The van der Waals surface area contributed by atoms with Gasteiger partial charge in [-0.3, -0.25) is 9.79 Å². The third kappa shape index (κ3) is 6.30. The zero-order valence-electron chi connectivity index (χ0n) is 21.9. The van der Waals surface area contributed by atoms with Crippen molar-refractivity contribution >= 4 is 17.8 Å². The fourth-order valence-electron chi connectivity index (χ4n) is 4.10. The summed E-state index contributed by atoms with van der Waals surface area (Å²) in [4.78, 5) is 17.4. The molecule has 0 aliphatic carbocycles. The van der Waals surface area contributed by atoms with Gasteiger partial charge in [0.1, 0.15) is 29.9 Å². The monoisotopic (exact) mass is 502 g/mol. The first-order valence-corrected chi connectivity index (χ1v) is 12.3. The van der Waals surface area contributed by atoms with Crippen molar-refractivity contribution < 1.29 is 24.1 Å². The van der Waals surface area contributed by atoms with Crippen LogP contribution in [0.4, 0.5) is 5.69 Å². The molecular formula is C30H34N2O5. The van der Waals surface area contributed by atoms with E-state index in [0.29, 0.717) is 35.8 Å². The summed E-state index contributed by atoms with van der Waals surface area (Å²) < 4.78 is 17.4. The van der Waals surface area contributed by atoms with E-state index in [2.05, 4.69) is 10.3 Å². The number of carbonyl (C=O) groups excluding carboxylic acids is 1.